The van der Waals surface area contributed by atoms with Crippen LogP contribution in [0.4, 0.5) is 4.39 Å². The van der Waals surface area contributed by atoms with Gasteiger partial charge < -0.3 is 15.3 Å². The van der Waals surface area contributed by atoms with E-state index in [1.165, 1.54) is 11.0 Å². The number of aromatic nitrogens is 1. The SMILES string of the molecule is Cc1cccc(CNCC2(O)CCCN(Cc3ccccc3F)C2=O)n1. The number of pyridine rings is 1. The second-order valence-electron chi connectivity index (χ2n) is 6.83. The number of aliphatic hydroxyl groups is 1. The zero-order valence-corrected chi connectivity index (χ0v) is 14.9. The summed E-state index contributed by atoms with van der Waals surface area (Å²) in [6.07, 6.45) is 1.08. The molecule has 1 saturated heterocycles. The van der Waals surface area contributed by atoms with E-state index in [1.54, 1.807) is 18.2 Å². The molecule has 26 heavy (non-hydrogen) atoms. The highest BCUT2D eigenvalue weighted by molar-refractivity contribution is 5.86. The molecule has 0 bridgehead atoms. The second kappa shape index (κ2) is 7.93. The van der Waals surface area contributed by atoms with Crippen LogP contribution in [0.25, 0.3) is 0 Å². The number of likely N-dealkylation sites (tertiary alicyclic amines) is 1. The summed E-state index contributed by atoms with van der Waals surface area (Å²) in [5.74, 6) is -0.685. The number of nitrogens with one attached hydrogen (secondary N) is 1. The molecule has 1 atom stereocenters. The first-order valence-corrected chi connectivity index (χ1v) is 8.86. The fourth-order valence-electron chi connectivity index (χ4n) is 3.31. The van der Waals surface area contributed by atoms with Crippen LogP contribution in [-0.4, -0.2) is 39.6 Å². The Morgan fingerprint density at radius 3 is 2.85 bits per heavy atom. The Morgan fingerprint density at radius 1 is 1.27 bits per heavy atom. The standard InChI is InChI=1S/C20H24FN3O2/c1-15-6-4-8-17(23-15)12-22-14-20(26)10-5-11-24(19(20)25)13-16-7-2-3-9-18(16)21/h2-4,6-9,22,26H,5,10-14H2,1H3. The van der Waals surface area contributed by atoms with E-state index in [2.05, 4.69) is 10.3 Å². The van der Waals surface area contributed by atoms with Crippen molar-refractivity contribution in [1.82, 2.24) is 15.2 Å². The van der Waals surface area contributed by atoms with Crippen molar-refractivity contribution in [2.75, 3.05) is 13.1 Å². The number of carbonyl (C=O) groups is 1. The summed E-state index contributed by atoms with van der Waals surface area (Å²) in [7, 11) is 0. The molecule has 2 heterocycles. The van der Waals surface area contributed by atoms with Crippen LogP contribution in [0.15, 0.2) is 42.5 Å². The molecule has 5 nitrogen and oxygen atoms in total. The fourth-order valence-corrected chi connectivity index (χ4v) is 3.31. The molecule has 0 spiro atoms. The van der Waals surface area contributed by atoms with E-state index in [9.17, 15) is 14.3 Å². The lowest BCUT2D eigenvalue weighted by Crippen LogP contribution is -2.57. The molecule has 1 aromatic carbocycles. The van der Waals surface area contributed by atoms with E-state index in [1.807, 2.05) is 25.1 Å². The minimum absolute atomic E-state index is 0.148. The van der Waals surface area contributed by atoms with Crippen molar-refractivity contribution in [3.05, 3.63) is 65.2 Å². The third kappa shape index (κ3) is 4.26. The predicted molar refractivity (Wildman–Crippen MR) is 96.7 cm³/mol. The summed E-state index contributed by atoms with van der Waals surface area (Å²) in [6.45, 7) is 3.24. The minimum atomic E-state index is -1.46. The van der Waals surface area contributed by atoms with Gasteiger partial charge in [-0.15, -0.1) is 0 Å². The molecule has 0 saturated carbocycles. The summed E-state index contributed by atoms with van der Waals surface area (Å²) in [6, 6.07) is 12.2. The van der Waals surface area contributed by atoms with Gasteiger partial charge in [-0.1, -0.05) is 24.3 Å². The molecule has 138 valence electrons. The molecule has 6 heteroatoms. The lowest BCUT2D eigenvalue weighted by Gasteiger charge is -2.38. The molecule has 1 aliphatic rings. The zero-order chi connectivity index (χ0) is 18.6. The van der Waals surface area contributed by atoms with Crippen molar-refractivity contribution < 1.29 is 14.3 Å². The van der Waals surface area contributed by atoms with Crippen LogP contribution < -0.4 is 5.32 Å². The summed E-state index contributed by atoms with van der Waals surface area (Å²) in [5.41, 5.74) is 0.780. The Balaban J connectivity index is 1.61. The Hall–Kier alpha value is -2.31. The quantitative estimate of drug-likeness (QED) is 0.832. The number of hydrogen-bond acceptors (Lipinski definition) is 4. The second-order valence-corrected chi connectivity index (χ2v) is 6.83. The van der Waals surface area contributed by atoms with Crippen LogP contribution in [0.1, 0.15) is 29.8 Å². The summed E-state index contributed by atoms with van der Waals surface area (Å²) in [5, 5.41) is 14.0. The number of aryl methyl sites for hydroxylation is 1. The highest BCUT2D eigenvalue weighted by atomic mass is 19.1. The maximum Gasteiger partial charge on any atom is 0.256 e. The average Bonchev–Trinajstić information content (AvgIpc) is 2.61. The molecule has 0 aliphatic carbocycles. The van der Waals surface area contributed by atoms with E-state index in [-0.39, 0.29) is 24.8 Å². The minimum Gasteiger partial charge on any atom is -0.379 e. The van der Waals surface area contributed by atoms with Gasteiger partial charge in [0.2, 0.25) is 0 Å². The van der Waals surface area contributed by atoms with Gasteiger partial charge in [0.25, 0.3) is 5.91 Å². The number of rotatable bonds is 6. The molecule has 1 unspecified atom stereocenters. The molecular formula is C20H24FN3O2. The van der Waals surface area contributed by atoms with E-state index < -0.39 is 5.60 Å². The summed E-state index contributed by atoms with van der Waals surface area (Å²) >= 11 is 0. The molecule has 1 aromatic heterocycles. The van der Waals surface area contributed by atoms with Crippen LogP contribution in [-0.2, 0) is 17.9 Å². The van der Waals surface area contributed by atoms with Crippen molar-refractivity contribution in [2.24, 2.45) is 0 Å². The van der Waals surface area contributed by atoms with Crippen molar-refractivity contribution in [3.8, 4) is 0 Å². The lowest BCUT2D eigenvalue weighted by atomic mass is 9.91. The maximum atomic E-state index is 13.9. The largest absolute Gasteiger partial charge is 0.379 e. The van der Waals surface area contributed by atoms with Crippen molar-refractivity contribution in [2.45, 2.75) is 38.5 Å². The topological polar surface area (TPSA) is 65.5 Å². The van der Waals surface area contributed by atoms with E-state index in [4.69, 9.17) is 0 Å². The average molecular weight is 357 g/mol. The molecule has 2 aromatic rings. The molecule has 3 rings (SSSR count). The molecule has 1 aliphatic heterocycles. The normalized spacial score (nSPS) is 20.4. The number of amides is 1. The Labute approximate surface area is 152 Å². The van der Waals surface area contributed by atoms with Gasteiger partial charge in [0.1, 0.15) is 5.82 Å². The summed E-state index contributed by atoms with van der Waals surface area (Å²) < 4.78 is 13.9. The van der Waals surface area contributed by atoms with E-state index in [0.717, 1.165) is 11.4 Å². The smallest absolute Gasteiger partial charge is 0.256 e. The number of hydrogen-bond donors (Lipinski definition) is 2. The monoisotopic (exact) mass is 357 g/mol. The third-order valence-corrected chi connectivity index (χ3v) is 4.69. The van der Waals surface area contributed by atoms with E-state index >= 15 is 0 Å². The molecular weight excluding hydrogens is 333 g/mol. The Morgan fingerprint density at radius 2 is 2.08 bits per heavy atom. The highest BCUT2D eigenvalue weighted by Crippen LogP contribution is 2.24. The maximum absolute atomic E-state index is 13.9. The lowest BCUT2D eigenvalue weighted by molar-refractivity contribution is -0.157. The third-order valence-electron chi connectivity index (χ3n) is 4.69. The van der Waals surface area contributed by atoms with Gasteiger partial charge in [-0.05, 0) is 38.0 Å². The molecule has 1 amide bonds. The van der Waals surface area contributed by atoms with Gasteiger partial charge in [-0.2, -0.15) is 0 Å². The predicted octanol–water partition coefficient (Wildman–Crippen LogP) is 2.17. The van der Waals surface area contributed by atoms with Crippen molar-refractivity contribution in [3.63, 3.8) is 0 Å². The van der Waals surface area contributed by atoms with Crippen LogP contribution in [0, 0.1) is 12.7 Å². The van der Waals surface area contributed by atoms with Gasteiger partial charge in [0.15, 0.2) is 5.60 Å². The number of benzene rings is 1. The fraction of sp³-hybridized carbons (Fsp3) is 0.400. The zero-order valence-electron chi connectivity index (χ0n) is 14.9. The van der Waals surface area contributed by atoms with Crippen molar-refractivity contribution >= 4 is 5.91 Å². The molecule has 1 fully saturated rings. The van der Waals surface area contributed by atoms with Gasteiger partial charge in [-0.25, -0.2) is 4.39 Å². The van der Waals surface area contributed by atoms with Crippen LogP contribution >= 0.6 is 0 Å². The van der Waals surface area contributed by atoms with Crippen molar-refractivity contribution in [1.29, 1.82) is 0 Å². The number of carbonyl (C=O) groups excluding carboxylic acids is 1. The number of halogens is 1. The summed E-state index contributed by atoms with van der Waals surface area (Å²) in [4.78, 5) is 18.7. The first-order chi connectivity index (χ1) is 12.5. The van der Waals surface area contributed by atoms with Gasteiger partial charge in [0, 0.05) is 37.4 Å². The van der Waals surface area contributed by atoms with Gasteiger partial charge in [-0.3, -0.25) is 9.78 Å². The van der Waals surface area contributed by atoms with Crippen LogP contribution in [0.3, 0.4) is 0 Å². The number of piperidine rings is 1. The first kappa shape index (κ1) is 18.5. The number of nitrogens with zero attached hydrogens (tertiary/aromatic N) is 2. The first-order valence-electron chi connectivity index (χ1n) is 8.86. The highest BCUT2D eigenvalue weighted by Gasteiger charge is 2.41. The van der Waals surface area contributed by atoms with Crippen LogP contribution in [0.5, 0.6) is 0 Å². The molecule has 2 N–H and O–H groups in total. The Kier molecular flexibility index (Phi) is 5.64. The molecule has 0 radical (unpaired) electrons. The Bertz CT molecular complexity index is 783. The van der Waals surface area contributed by atoms with Gasteiger partial charge >= 0.3 is 0 Å². The van der Waals surface area contributed by atoms with E-state index in [0.29, 0.717) is 31.5 Å². The van der Waals surface area contributed by atoms with Crippen LogP contribution in [0.2, 0.25) is 0 Å². The van der Waals surface area contributed by atoms with Gasteiger partial charge in [0.05, 0.1) is 5.69 Å².